The average molecular weight is 427 g/mol. The van der Waals surface area contributed by atoms with E-state index >= 15 is 0 Å². The maximum atomic E-state index is 11.1. The number of carboxylic acid groups (broad SMARTS) is 1. The summed E-state index contributed by atoms with van der Waals surface area (Å²) in [5, 5.41) is 17.7. The van der Waals surface area contributed by atoms with E-state index in [1.165, 1.54) is 11.1 Å². The van der Waals surface area contributed by atoms with Crippen LogP contribution in [0.1, 0.15) is 27.3 Å². The molecule has 1 N–H and O–H groups in total. The molecule has 3 heterocycles. The van der Waals surface area contributed by atoms with Gasteiger partial charge in [0.15, 0.2) is 0 Å². The number of halogens is 1. The van der Waals surface area contributed by atoms with E-state index in [0.717, 1.165) is 28.4 Å². The number of aliphatic carboxylic acids is 1. The predicted molar refractivity (Wildman–Crippen MR) is 114 cm³/mol. The number of carbonyl (C=O) groups is 1. The SMILES string of the molecule is Cc1ccsc1C(=NOCCN1CCC=C(C(=O)O)C1)c1sccc1C.Cl. The summed E-state index contributed by atoms with van der Waals surface area (Å²) in [4.78, 5) is 21.1. The van der Waals surface area contributed by atoms with E-state index in [9.17, 15) is 4.79 Å². The largest absolute Gasteiger partial charge is 0.478 e. The first-order valence-corrected chi connectivity index (χ1v) is 10.3. The molecule has 5 nitrogen and oxygen atoms in total. The molecule has 0 saturated carbocycles. The number of rotatable bonds is 7. The molecule has 0 amide bonds. The third-order valence-electron chi connectivity index (χ3n) is 4.31. The van der Waals surface area contributed by atoms with Gasteiger partial charge in [-0.25, -0.2) is 4.79 Å². The number of thiophene rings is 2. The van der Waals surface area contributed by atoms with Crippen molar-refractivity contribution in [1.29, 1.82) is 0 Å². The molecule has 1 aliphatic rings. The lowest BCUT2D eigenvalue weighted by Crippen LogP contribution is -2.34. The lowest BCUT2D eigenvalue weighted by Gasteiger charge is -2.24. The van der Waals surface area contributed by atoms with Crippen LogP contribution in [0.3, 0.4) is 0 Å². The summed E-state index contributed by atoms with van der Waals surface area (Å²) in [6, 6.07) is 4.18. The second-order valence-electron chi connectivity index (χ2n) is 6.24. The van der Waals surface area contributed by atoms with Crippen LogP contribution in [0.5, 0.6) is 0 Å². The normalized spacial score (nSPS) is 14.2. The summed E-state index contributed by atoms with van der Waals surface area (Å²) < 4.78 is 0. The molecule has 0 fully saturated rings. The second kappa shape index (κ2) is 10.0. The number of hydrogen-bond acceptors (Lipinski definition) is 6. The van der Waals surface area contributed by atoms with Gasteiger partial charge in [-0.3, -0.25) is 4.90 Å². The molecule has 146 valence electrons. The van der Waals surface area contributed by atoms with Gasteiger partial charge in [0.05, 0.1) is 9.75 Å². The number of oxime groups is 1. The molecule has 0 atom stereocenters. The Morgan fingerprint density at radius 1 is 1.22 bits per heavy atom. The highest BCUT2D eigenvalue weighted by atomic mass is 35.5. The van der Waals surface area contributed by atoms with E-state index < -0.39 is 5.97 Å². The minimum Gasteiger partial charge on any atom is -0.478 e. The Labute approximate surface area is 173 Å². The van der Waals surface area contributed by atoms with Crippen molar-refractivity contribution in [3.8, 4) is 0 Å². The average Bonchev–Trinajstić information content (AvgIpc) is 3.24. The summed E-state index contributed by atoms with van der Waals surface area (Å²) in [7, 11) is 0. The summed E-state index contributed by atoms with van der Waals surface area (Å²) in [5.41, 5.74) is 3.73. The highest BCUT2D eigenvalue weighted by Gasteiger charge is 2.18. The topological polar surface area (TPSA) is 62.1 Å². The van der Waals surface area contributed by atoms with Gasteiger partial charge in [-0.15, -0.1) is 35.1 Å². The first-order chi connectivity index (χ1) is 12.6. The molecule has 2 aromatic rings. The van der Waals surface area contributed by atoms with Gasteiger partial charge in [-0.1, -0.05) is 11.2 Å². The molecular formula is C19H23ClN2O3S2. The molecular weight excluding hydrogens is 404 g/mol. The van der Waals surface area contributed by atoms with E-state index in [1.807, 2.05) is 0 Å². The van der Waals surface area contributed by atoms with Crippen molar-refractivity contribution in [3.63, 3.8) is 0 Å². The lowest BCUT2D eigenvalue weighted by molar-refractivity contribution is -0.133. The maximum absolute atomic E-state index is 11.1. The van der Waals surface area contributed by atoms with Crippen LogP contribution in [0.2, 0.25) is 0 Å². The van der Waals surface area contributed by atoms with Crippen molar-refractivity contribution in [1.82, 2.24) is 4.90 Å². The van der Waals surface area contributed by atoms with Crippen LogP contribution >= 0.6 is 35.1 Å². The first-order valence-electron chi connectivity index (χ1n) is 8.50. The van der Waals surface area contributed by atoms with Crippen molar-refractivity contribution >= 4 is 46.8 Å². The Kier molecular flexibility index (Phi) is 8.04. The Morgan fingerprint density at radius 3 is 2.37 bits per heavy atom. The van der Waals surface area contributed by atoms with E-state index in [0.29, 0.717) is 25.3 Å². The van der Waals surface area contributed by atoms with Crippen molar-refractivity contribution in [2.24, 2.45) is 5.16 Å². The highest BCUT2D eigenvalue weighted by molar-refractivity contribution is 7.16. The third-order valence-corrected chi connectivity index (χ3v) is 6.36. The molecule has 0 unspecified atom stereocenters. The van der Waals surface area contributed by atoms with E-state index in [1.54, 1.807) is 28.7 Å². The minimum atomic E-state index is -0.836. The van der Waals surface area contributed by atoms with Crippen molar-refractivity contribution in [2.45, 2.75) is 20.3 Å². The molecule has 0 aromatic carbocycles. The molecule has 27 heavy (non-hydrogen) atoms. The maximum Gasteiger partial charge on any atom is 0.332 e. The van der Waals surface area contributed by atoms with Gasteiger partial charge in [0.1, 0.15) is 12.3 Å². The number of aryl methyl sites for hydroxylation is 2. The lowest BCUT2D eigenvalue weighted by atomic mass is 10.1. The van der Waals surface area contributed by atoms with E-state index in [4.69, 9.17) is 9.94 Å². The standard InChI is InChI=1S/C19H22N2O3S2.ClH/c1-13-5-10-25-17(13)16(18-14(2)6-11-26-18)20-24-9-8-21-7-3-4-15(12-21)19(22)23;/h4-6,10-11H,3,7-9,12H2,1-2H3,(H,22,23);1H. The van der Waals surface area contributed by atoms with Crippen LogP contribution in [0.15, 0.2) is 39.7 Å². The molecule has 3 rings (SSSR count). The molecule has 1 aliphatic heterocycles. The van der Waals surface area contributed by atoms with Gasteiger partial charge in [0.25, 0.3) is 0 Å². The van der Waals surface area contributed by atoms with Crippen LogP contribution in [-0.4, -0.2) is 47.9 Å². The van der Waals surface area contributed by atoms with Gasteiger partial charge in [0, 0.05) is 25.2 Å². The molecule has 8 heteroatoms. The molecule has 0 spiro atoms. The minimum absolute atomic E-state index is 0. The smallest absolute Gasteiger partial charge is 0.332 e. The van der Waals surface area contributed by atoms with E-state index in [2.05, 4.69) is 46.8 Å². The number of nitrogens with zero attached hydrogens (tertiary/aromatic N) is 2. The van der Waals surface area contributed by atoms with Gasteiger partial charge < -0.3 is 9.94 Å². The monoisotopic (exact) mass is 426 g/mol. The van der Waals surface area contributed by atoms with Gasteiger partial charge >= 0.3 is 5.97 Å². The fourth-order valence-corrected chi connectivity index (χ4v) is 4.74. The summed E-state index contributed by atoms with van der Waals surface area (Å²) >= 11 is 3.33. The third kappa shape index (κ3) is 5.42. The van der Waals surface area contributed by atoms with Crippen LogP contribution < -0.4 is 0 Å². The van der Waals surface area contributed by atoms with Gasteiger partial charge in [0.2, 0.25) is 0 Å². The molecule has 0 bridgehead atoms. The summed E-state index contributed by atoms with van der Waals surface area (Å²) in [5.74, 6) is -0.836. The van der Waals surface area contributed by atoms with Crippen LogP contribution in [0.25, 0.3) is 0 Å². The van der Waals surface area contributed by atoms with Gasteiger partial charge in [-0.05, 0) is 54.3 Å². The predicted octanol–water partition coefficient (Wildman–Crippen LogP) is 4.33. The number of hydrogen-bond donors (Lipinski definition) is 1. The zero-order valence-corrected chi connectivity index (χ0v) is 17.8. The van der Waals surface area contributed by atoms with Crippen LogP contribution in [0.4, 0.5) is 0 Å². The Bertz CT molecular complexity index is 799. The highest BCUT2D eigenvalue weighted by Crippen LogP contribution is 2.26. The Balaban J connectivity index is 0.00000261. The summed E-state index contributed by atoms with van der Waals surface area (Å²) in [6.07, 6.45) is 2.56. The fraction of sp³-hybridized carbons (Fsp3) is 0.368. The zero-order chi connectivity index (χ0) is 18.5. The Hall–Kier alpha value is -1.67. The first kappa shape index (κ1) is 21.6. The fourth-order valence-electron chi connectivity index (χ4n) is 2.85. The number of carboxylic acids is 1. The molecule has 0 saturated heterocycles. The quantitative estimate of drug-likeness (QED) is 0.406. The van der Waals surface area contributed by atoms with Crippen molar-refractivity contribution < 1.29 is 14.7 Å². The van der Waals surface area contributed by atoms with Gasteiger partial charge in [-0.2, -0.15) is 0 Å². The van der Waals surface area contributed by atoms with Crippen LogP contribution in [0, 0.1) is 13.8 Å². The van der Waals surface area contributed by atoms with Crippen LogP contribution in [-0.2, 0) is 9.63 Å². The van der Waals surface area contributed by atoms with Crippen molar-refractivity contribution in [2.75, 3.05) is 26.2 Å². The zero-order valence-electron chi connectivity index (χ0n) is 15.3. The molecule has 0 radical (unpaired) electrons. The summed E-state index contributed by atoms with van der Waals surface area (Å²) in [6.45, 7) is 6.57. The molecule has 2 aromatic heterocycles. The van der Waals surface area contributed by atoms with E-state index in [-0.39, 0.29) is 12.4 Å². The van der Waals surface area contributed by atoms with Crippen molar-refractivity contribution in [3.05, 3.63) is 55.4 Å². The molecule has 0 aliphatic carbocycles. The second-order valence-corrected chi connectivity index (χ2v) is 8.07. The Morgan fingerprint density at radius 2 is 1.85 bits per heavy atom.